The van der Waals surface area contributed by atoms with E-state index in [9.17, 15) is 4.79 Å². The summed E-state index contributed by atoms with van der Waals surface area (Å²) in [5.41, 5.74) is 7.65. The van der Waals surface area contributed by atoms with E-state index in [-0.39, 0.29) is 29.9 Å². The number of ether oxygens (including phenoxy) is 2. The Morgan fingerprint density at radius 3 is 2.62 bits per heavy atom. The van der Waals surface area contributed by atoms with Crippen LogP contribution in [0.15, 0.2) is 29.3 Å². The van der Waals surface area contributed by atoms with Gasteiger partial charge in [0.1, 0.15) is 0 Å². The van der Waals surface area contributed by atoms with Crippen molar-refractivity contribution in [1.82, 2.24) is 15.5 Å². The molecule has 8 nitrogen and oxygen atoms in total. The Morgan fingerprint density at radius 1 is 1.22 bits per heavy atom. The smallest absolute Gasteiger partial charge is 0.231 e. The number of primary amides is 1. The Hall–Kier alpha value is -1.43. The number of hydrogen-bond donors (Lipinski definition) is 3. The molecule has 1 aromatic carbocycles. The third kappa shape index (κ3) is 9.60. The molecule has 180 valence electrons. The summed E-state index contributed by atoms with van der Waals surface area (Å²) in [4.78, 5) is 18.0. The van der Waals surface area contributed by atoms with E-state index in [4.69, 9.17) is 20.2 Å². The number of aliphatic imine (C=N–C) groups is 1. The Morgan fingerprint density at radius 2 is 1.94 bits per heavy atom. The van der Waals surface area contributed by atoms with Crippen molar-refractivity contribution >= 4 is 35.8 Å². The van der Waals surface area contributed by atoms with Gasteiger partial charge < -0.3 is 25.8 Å². The van der Waals surface area contributed by atoms with Gasteiger partial charge in [0.05, 0.1) is 25.8 Å². The monoisotopic (exact) mass is 559 g/mol. The van der Waals surface area contributed by atoms with Crippen LogP contribution >= 0.6 is 24.0 Å². The van der Waals surface area contributed by atoms with Crippen molar-refractivity contribution in [3.63, 3.8) is 0 Å². The number of carbonyl (C=O) groups excluding carboxylic acids is 1. The predicted octanol–water partition coefficient (Wildman–Crippen LogP) is 2.01. The van der Waals surface area contributed by atoms with Crippen LogP contribution in [-0.2, 0) is 27.4 Å². The highest BCUT2D eigenvalue weighted by molar-refractivity contribution is 14.0. The molecule has 9 heteroatoms. The Bertz CT molecular complexity index is 719. The van der Waals surface area contributed by atoms with Crippen LogP contribution in [0.1, 0.15) is 43.7 Å². The summed E-state index contributed by atoms with van der Waals surface area (Å²) >= 11 is 0. The van der Waals surface area contributed by atoms with Crippen LogP contribution in [0.2, 0.25) is 0 Å². The van der Waals surface area contributed by atoms with Gasteiger partial charge in [0, 0.05) is 38.9 Å². The molecule has 2 saturated heterocycles. The van der Waals surface area contributed by atoms with Crippen molar-refractivity contribution in [3.05, 3.63) is 35.4 Å². The summed E-state index contributed by atoms with van der Waals surface area (Å²) in [7, 11) is 0. The zero-order valence-corrected chi connectivity index (χ0v) is 21.4. The van der Waals surface area contributed by atoms with E-state index in [1.54, 1.807) is 0 Å². The first-order valence-corrected chi connectivity index (χ1v) is 11.4. The molecule has 2 aliphatic rings. The van der Waals surface area contributed by atoms with Crippen LogP contribution in [0.25, 0.3) is 0 Å². The van der Waals surface area contributed by atoms with E-state index < -0.39 is 0 Å². The highest BCUT2D eigenvalue weighted by Crippen LogP contribution is 2.15. The Labute approximate surface area is 208 Å². The van der Waals surface area contributed by atoms with Gasteiger partial charge in [-0.1, -0.05) is 24.3 Å². The molecule has 2 heterocycles. The number of guanidine groups is 1. The molecule has 3 rings (SSSR count). The topological polar surface area (TPSA) is 101 Å². The number of rotatable bonds is 9. The molecule has 2 aliphatic heterocycles. The fourth-order valence-corrected chi connectivity index (χ4v) is 4.01. The largest absolute Gasteiger partial charge is 0.381 e. The highest BCUT2D eigenvalue weighted by atomic mass is 127. The molecule has 0 saturated carbocycles. The first-order valence-electron chi connectivity index (χ1n) is 11.4. The van der Waals surface area contributed by atoms with E-state index in [0.717, 1.165) is 64.5 Å². The number of amides is 1. The molecule has 0 aliphatic carbocycles. The number of nitrogens with zero attached hydrogens (tertiary/aromatic N) is 2. The SMILES string of the molecule is CCNC(=NCc1cccc(COC2CCOCC2)c1)NC1CCN(CC(N)=O)CC1.I. The van der Waals surface area contributed by atoms with E-state index in [0.29, 0.717) is 31.8 Å². The maximum absolute atomic E-state index is 11.1. The van der Waals surface area contributed by atoms with Crippen LogP contribution in [0.3, 0.4) is 0 Å². The molecule has 0 aromatic heterocycles. The predicted molar refractivity (Wildman–Crippen MR) is 137 cm³/mol. The minimum absolute atomic E-state index is 0. The van der Waals surface area contributed by atoms with Crippen LogP contribution < -0.4 is 16.4 Å². The quantitative estimate of drug-likeness (QED) is 0.243. The van der Waals surface area contributed by atoms with Crippen molar-refractivity contribution in [1.29, 1.82) is 0 Å². The number of hydrogen-bond acceptors (Lipinski definition) is 5. The summed E-state index contributed by atoms with van der Waals surface area (Å²) in [5, 5.41) is 6.88. The van der Waals surface area contributed by atoms with Crippen molar-refractivity contribution in [2.24, 2.45) is 10.7 Å². The molecule has 32 heavy (non-hydrogen) atoms. The minimum atomic E-state index is -0.262. The number of nitrogens with one attached hydrogen (secondary N) is 2. The highest BCUT2D eigenvalue weighted by Gasteiger charge is 2.20. The lowest BCUT2D eigenvalue weighted by atomic mass is 10.1. The molecule has 0 atom stereocenters. The van der Waals surface area contributed by atoms with E-state index in [1.807, 2.05) is 0 Å². The van der Waals surface area contributed by atoms with Crippen molar-refractivity contribution in [2.45, 2.75) is 57.9 Å². The van der Waals surface area contributed by atoms with E-state index >= 15 is 0 Å². The number of halogens is 1. The maximum atomic E-state index is 11.1. The van der Waals surface area contributed by atoms with Crippen LogP contribution in [-0.4, -0.2) is 68.3 Å². The summed E-state index contributed by atoms with van der Waals surface area (Å²) in [6, 6.07) is 8.81. The van der Waals surface area contributed by atoms with Gasteiger partial charge in [0.25, 0.3) is 0 Å². The van der Waals surface area contributed by atoms with Crippen LogP contribution in [0.5, 0.6) is 0 Å². The summed E-state index contributed by atoms with van der Waals surface area (Å²) < 4.78 is 11.4. The molecule has 1 aromatic rings. The summed E-state index contributed by atoms with van der Waals surface area (Å²) in [6.45, 7) is 7.80. The number of benzene rings is 1. The molecule has 2 fully saturated rings. The number of nitrogens with two attached hydrogens (primary N) is 1. The average Bonchev–Trinajstić information content (AvgIpc) is 2.78. The Balaban J connectivity index is 0.00000363. The van der Waals surface area contributed by atoms with Gasteiger partial charge in [-0.2, -0.15) is 0 Å². The van der Waals surface area contributed by atoms with Gasteiger partial charge in [0.2, 0.25) is 5.91 Å². The molecule has 0 spiro atoms. The van der Waals surface area contributed by atoms with Crippen LogP contribution in [0.4, 0.5) is 0 Å². The number of carbonyl (C=O) groups is 1. The summed E-state index contributed by atoms with van der Waals surface area (Å²) in [6.07, 6.45) is 4.19. The van der Waals surface area contributed by atoms with Gasteiger partial charge in [-0.3, -0.25) is 9.69 Å². The van der Waals surface area contributed by atoms with Gasteiger partial charge in [-0.25, -0.2) is 4.99 Å². The standard InChI is InChI=1S/C23H37N5O3.HI/c1-2-25-23(27-20-6-10-28(11-7-20)16-22(24)29)26-15-18-4-3-5-19(14-18)17-31-21-8-12-30-13-9-21;/h3-5,14,20-21H,2,6-13,15-17H2,1H3,(H2,24,29)(H2,25,26,27);1H. The number of piperidine rings is 1. The van der Waals surface area contributed by atoms with Crippen LogP contribution in [0, 0.1) is 0 Å². The lowest BCUT2D eigenvalue weighted by Gasteiger charge is -2.32. The lowest BCUT2D eigenvalue weighted by Crippen LogP contribution is -2.49. The van der Waals surface area contributed by atoms with E-state index in [2.05, 4.69) is 46.7 Å². The second-order valence-corrected chi connectivity index (χ2v) is 8.30. The van der Waals surface area contributed by atoms with Crippen molar-refractivity contribution < 1.29 is 14.3 Å². The molecular weight excluding hydrogens is 521 g/mol. The third-order valence-corrected chi connectivity index (χ3v) is 5.72. The molecule has 0 radical (unpaired) electrons. The second-order valence-electron chi connectivity index (χ2n) is 8.30. The van der Waals surface area contributed by atoms with Gasteiger partial charge in [-0.15, -0.1) is 24.0 Å². The molecule has 1 amide bonds. The fraction of sp³-hybridized carbons (Fsp3) is 0.652. The number of likely N-dealkylation sites (tertiary alicyclic amines) is 1. The van der Waals surface area contributed by atoms with Gasteiger partial charge >= 0.3 is 0 Å². The van der Waals surface area contributed by atoms with E-state index in [1.165, 1.54) is 11.1 Å². The molecule has 0 unspecified atom stereocenters. The lowest BCUT2D eigenvalue weighted by molar-refractivity contribution is -0.119. The first-order chi connectivity index (χ1) is 15.1. The minimum Gasteiger partial charge on any atom is -0.381 e. The summed E-state index contributed by atoms with van der Waals surface area (Å²) in [5.74, 6) is 0.571. The van der Waals surface area contributed by atoms with Crippen molar-refractivity contribution in [2.75, 3.05) is 39.4 Å². The first kappa shape index (κ1) is 26.8. The molecule has 4 N–H and O–H groups in total. The van der Waals surface area contributed by atoms with Gasteiger partial charge in [-0.05, 0) is 43.7 Å². The second kappa shape index (κ2) is 14.7. The normalized spacial score (nSPS) is 18.7. The maximum Gasteiger partial charge on any atom is 0.231 e. The van der Waals surface area contributed by atoms with Crippen molar-refractivity contribution in [3.8, 4) is 0 Å². The zero-order valence-electron chi connectivity index (χ0n) is 19.1. The third-order valence-electron chi connectivity index (χ3n) is 5.72. The molecule has 0 bridgehead atoms. The zero-order chi connectivity index (χ0) is 21.9. The average molecular weight is 559 g/mol. The fourth-order valence-electron chi connectivity index (χ4n) is 4.01. The molecular formula is C23H38IN5O3. The van der Waals surface area contributed by atoms with Gasteiger partial charge in [0.15, 0.2) is 5.96 Å². The Kier molecular flexibility index (Phi) is 12.3.